The van der Waals surface area contributed by atoms with Crippen LogP contribution in [0.25, 0.3) is 0 Å². The van der Waals surface area contributed by atoms with Crippen LogP contribution >= 0.6 is 0 Å². The van der Waals surface area contributed by atoms with Crippen LogP contribution in [-0.4, -0.2) is 45.3 Å². The van der Waals surface area contributed by atoms with Crippen molar-refractivity contribution in [1.82, 2.24) is 4.57 Å². The minimum absolute atomic E-state index is 0.0571. The molecule has 1 aliphatic rings. The van der Waals surface area contributed by atoms with Gasteiger partial charge < -0.3 is 13.7 Å². The van der Waals surface area contributed by atoms with Gasteiger partial charge in [0.15, 0.2) is 22.8 Å². The molecule has 0 aromatic rings. The van der Waals surface area contributed by atoms with Crippen LogP contribution in [0.15, 0.2) is 0 Å². The Morgan fingerprint density at radius 3 is 2.00 bits per heavy atom. The number of nitrogens with zero attached hydrogens (tertiary/aromatic N) is 1. The number of hydrogen-bond donors (Lipinski definition) is 0. The molecule has 1 heterocycles. The molecule has 7 heteroatoms. The van der Waals surface area contributed by atoms with E-state index in [1.165, 1.54) is 6.92 Å². The fourth-order valence-electron chi connectivity index (χ4n) is 2.64. The Balaban J connectivity index is 2.97. The van der Waals surface area contributed by atoms with Gasteiger partial charge in [-0.25, -0.2) is 0 Å². The first kappa shape index (κ1) is 20.4. The molecule has 23 heavy (non-hydrogen) atoms. The summed E-state index contributed by atoms with van der Waals surface area (Å²) in [5.74, 6) is -0.684. The number of rotatable bonds is 5. The van der Waals surface area contributed by atoms with Crippen LogP contribution in [0, 0.1) is 5.92 Å². The quantitative estimate of drug-likeness (QED) is 0.428. The number of esters is 1. The minimum Gasteiger partial charge on any atom is -0.441 e. The van der Waals surface area contributed by atoms with Crippen LogP contribution < -0.4 is 0 Å². The largest absolute Gasteiger partial charge is 0.441 e. The van der Waals surface area contributed by atoms with Gasteiger partial charge >= 0.3 is 5.97 Å². The van der Waals surface area contributed by atoms with E-state index in [9.17, 15) is 9.59 Å². The van der Waals surface area contributed by atoms with E-state index < -0.39 is 22.8 Å². The Morgan fingerprint density at radius 1 is 1.17 bits per heavy atom. The van der Waals surface area contributed by atoms with E-state index >= 15 is 0 Å². The number of hydrogen-bond acceptors (Lipinski definition) is 4. The lowest BCUT2D eigenvalue weighted by Crippen LogP contribution is -2.73. The van der Waals surface area contributed by atoms with Crippen molar-refractivity contribution >= 4 is 28.4 Å². The van der Waals surface area contributed by atoms with Gasteiger partial charge in [0.05, 0.1) is 6.10 Å². The maximum atomic E-state index is 12.7. The molecule has 0 unspecified atom stereocenters. The molecule has 0 radical (unpaired) electrons. The molecule has 0 bridgehead atoms. The molecule has 0 N–H and O–H groups in total. The summed E-state index contributed by atoms with van der Waals surface area (Å²) in [5.41, 5.74) is 0. The summed E-state index contributed by atoms with van der Waals surface area (Å²) in [5, 5.41) is 0.0729. The fraction of sp³-hybridized carbons (Fsp3) is 0.875. The minimum atomic E-state index is -1.98. The topological polar surface area (TPSA) is 55.8 Å². The monoisotopic (exact) mass is 359 g/mol. The third-order valence-electron chi connectivity index (χ3n) is 4.89. The average molecular weight is 360 g/mol. The van der Waals surface area contributed by atoms with E-state index in [-0.39, 0.29) is 28.9 Å². The summed E-state index contributed by atoms with van der Waals surface area (Å²) in [6, 6.07) is 0. The number of ether oxygens (including phenoxy) is 1. The molecular weight excluding hydrogens is 326 g/mol. The van der Waals surface area contributed by atoms with Crippen LogP contribution in [0.5, 0.6) is 0 Å². The number of carbonyl (C=O) groups excluding carboxylic acids is 2. The predicted octanol–water partition coefficient (Wildman–Crippen LogP) is 3.58. The van der Waals surface area contributed by atoms with Crippen molar-refractivity contribution in [3.8, 4) is 0 Å². The second-order valence-corrected chi connectivity index (χ2v) is 18.6. The summed E-state index contributed by atoms with van der Waals surface area (Å²) < 4.78 is 13.6. The standard InChI is InChI=1S/C16H33NO4Si2/c1-11(21-23(9,10)16(3,4)5)13-14(19)17(22(6,7)8)15(13)20-12(2)18/h11,13,15H,1-10H3/t11-,13+,15-/m1/s1. The van der Waals surface area contributed by atoms with Gasteiger partial charge in [-0.3, -0.25) is 9.59 Å². The number of carbonyl (C=O) groups is 2. The maximum absolute atomic E-state index is 12.7. The highest BCUT2D eigenvalue weighted by Gasteiger charge is 2.57. The fourth-order valence-corrected chi connectivity index (χ4v) is 5.86. The maximum Gasteiger partial charge on any atom is 0.304 e. The lowest BCUT2D eigenvalue weighted by Gasteiger charge is -2.54. The van der Waals surface area contributed by atoms with E-state index in [0.717, 1.165) is 0 Å². The van der Waals surface area contributed by atoms with Gasteiger partial charge in [-0.1, -0.05) is 40.4 Å². The van der Waals surface area contributed by atoms with Crippen molar-refractivity contribution in [3.05, 3.63) is 0 Å². The predicted molar refractivity (Wildman–Crippen MR) is 97.0 cm³/mol. The molecule has 5 nitrogen and oxygen atoms in total. The molecule has 1 fully saturated rings. The molecule has 0 aromatic carbocycles. The van der Waals surface area contributed by atoms with Crippen LogP contribution in [-0.2, 0) is 18.8 Å². The molecule has 3 atom stereocenters. The third-order valence-corrected chi connectivity index (χ3v) is 11.4. The normalized spacial score (nSPS) is 24.3. The number of β-lactam (4-membered cyclic amide) rings is 1. The van der Waals surface area contributed by atoms with Crippen LogP contribution in [0.1, 0.15) is 34.6 Å². The molecule has 1 saturated heterocycles. The second-order valence-electron chi connectivity index (χ2n) is 8.99. The van der Waals surface area contributed by atoms with E-state index in [4.69, 9.17) is 9.16 Å². The van der Waals surface area contributed by atoms with Gasteiger partial charge in [-0.05, 0) is 25.1 Å². The molecule has 134 valence electrons. The van der Waals surface area contributed by atoms with Gasteiger partial charge in [0, 0.05) is 6.92 Å². The van der Waals surface area contributed by atoms with E-state index in [1.807, 2.05) is 6.92 Å². The Hall–Kier alpha value is -0.666. The van der Waals surface area contributed by atoms with Crippen LogP contribution in [0.2, 0.25) is 37.8 Å². The molecular formula is C16H33NO4Si2. The Labute approximate surface area is 142 Å². The van der Waals surface area contributed by atoms with Crippen molar-refractivity contribution in [2.24, 2.45) is 5.92 Å². The zero-order chi connectivity index (χ0) is 18.4. The summed E-state index contributed by atoms with van der Waals surface area (Å²) in [7, 11) is -3.87. The summed E-state index contributed by atoms with van der Waals surface area (Å²) in [6.45, 7) is 20.4. The van der Waals surface area contributed by atoms with Crippen molar-refractivity contribution in [3.63, 3.8) is 0 Å². The third kappa shape index (κ3) is 4.25. The molecule has 0 spiro atoms. The van der Waals surface area contributed by atoms with Crippen molar-refractivity contribution in [2.75, 3.05) is 0 Å². The first-order chi connectivity index (χ1) is 10.1. The average Bonchev–Trinajstić information content (AvgIpc) is 2.22. The van der Waals surface area contributed by atoms with Crippen LogP contribution in [0.3, 0.4) is 0 Å². The lowest BCUT2D eigenvalue weighted by atomic mass is 9.93. The van der Waals surface area contributed by atoms with Crippen LogP contribution in [0.4, 0.5) is 0 Å². The summed E-state index contributed by atoms with van der Waals surface area (Å²) in [4.78, 5) is 24.1. The highest BCUT2D eigenvalue weighted by atomic mass is 28.4. The number of amides is 1. The van der Waals surface area contributed by atoms with Crippen molar-refractivity contribution < 1.29 is 18.8 Å². The Morgan fingerprint density at radius 2 is 1.65 bits per heavy atom. The molecule has 1 amide bonds. The van der Waals surface area contributed by atoms with Gasteiger partial charge in [0.1, 0.15) is 5.92 Å². The molecule has 1 rings (SSSR count). The SMILES string of the molecule is CC(=O)O[C@@H]1[C@@H]([C@@H](C)O[Si](C)(C)C(C)(C)C)C(=O)N1[Si](C)(C)C. The highest BCUT2D eigenvalue weighted by Crippen LogP contribution is 2.41. The van der Waals surface area contributed by atoms with E-state index in [1.54, 1.807) is 4.57 Å². The zero-order valence-corrected chi connectivity index (χ0v) is 18.3. The molecule has 0 aliphatic carbocycles. The first-order valence-electron chi connectivity index (χ1n) is 8.28. The summed E-state index contributed by atoms with van der Waals surface area (Å²) in [6.07, 6.45) is -0.730. The van der Waals surface area contributed by atoms with Gasteiger partial charge in [0.2, 0.25) is 5.91 Å². The van der Waals surface area contributed by atoms with E-state index in [2.05, 4.69) is 53.5 Å². The van der Waals surface area contributed by atoms with E-state index in [0.29, 0.717) is 0 Å². The molecule has 1 aliphatic heterocycles. The summed E-state index contributed by atoms with van der Waals surface area (Å²) >= 11 is 0. The lowest BCUT2D eigenvalue weighted by molar-refractivity contribution is -0.192. The molecule has 0 aromatic heterocycles. The second kappa shape index (κ2) is 6.33. The van der Waals surface area contributed by atoms with Gasteiger partial charge in [-0.15, -0.1) is 0 Å². The zero-order valence-electron chi connectivity index (χ0n) is 16.3. The smallest absolute Gasteiger partial charge is 0.304 e. The first-order valence-corrected chi connectivity index (χ1v) is 14.6. The van der Waals surface area contributed by atoms with Crippen molar-refractivity contribution in [2.45, 2.75) is 84.7 Å². The highest BCUT2D eigenvalue weighted by molar-refractivity contribution is 6.76. The molecule has 0 saturated carbocycles. The Kier molecular flexibility index (Phi) is 5.61. The Bertz CT molecular complexity index is 479. The van der Waals surface area contributed by atoms with Gasteiger partial charge in [-0.2, -0.15) is 0 Å². The van der Waals surface area contributed by atoms with Gasteiger partial charge in [0.25, 0.3) is 0 Å². The van der Waals surface area contributed by atoms with Crippen molar-refractivity contribution in [1.29, 1.82) is 0 Å².